The fourth-order valence-corrected chi connectivity index (χ4v) is 8.00. The van der Waals surface area contributed by atoms with Crippen molar-refractivity contribution in [1.29, 1.82) is 0 Å². The van der Waals surface area contributed by atoms with Crippen LogP contribution < -0.4 is 42.5 Å². The zero-order chi connectivity index (χ0) is 30.1. The van der Waals surface area contributed by atoms with Crippen molar-refractivity contribution >= 4 is 22.8 Å². The number of piperazine rings is 1. The molecular weight excluding hydrogens is 663 g/mol. The van der Waals surface area contributed by atoms with E-state index in [4.69, 9.17) is 0 Å². The fourth-order valence-electron chi connectivity index (χ4n) is 5.75. The summed E-state index contributed by atoms with van der Waals surface area (Å²) in [6.07, 6.45) is 6.27. The van der Waals surface area contributed by atoms with E-state index in [-0.39, 0.29) is 18.0 Å². The first kappa shape index (κ1) is 30.0. The molecule has 1 saturated heterocycles. The normalized spacial score (nSPS) is 17.2. The molecule has 3 heterocycles. The Morgan fingerprint density at radius 1 is 0.932 bits per heavy atom. The maximum absolute atomic E-state index is 13.9. The summed E-state index contributed by atoms with van der Waals surface area (Å²) in [7, 11) is 0. The Hall–Kier alpha value is -4.09. The molecule has 3 aromatic carbocycles. The van der Waals surface area contributed by atoms with Gasteiger partial charge in [0.15, 0.2) is 0 Å². The van der Waals surface area contributed by atoms with Gasteiger partial charge in [-0.1, -0.05) is 6.07 Å². The van der Waals surface area contributed by atoms with Crippen LogP contribution in [0.1, 0.15) is 16.7 Å². The number of urea groups is 1. The molecule has 228 valence electrons. The molecule has 1 atom stereocenters. The van der Waals surface area contributed by atoms with Crippen molar-refractivity contribution in [3.8, 4) is 0 Å². The number of hydrogen-bond donors (Lipinski definition) is 5. The predicted molar refractivity (Wildman–Crippen MR) is 170 cm³/mol. The number of benzene rings is 3. The molecular formula is C35H38IN6O2-. The van der Waals surface area contributed by atoms with Crippen LogP contribution in [0.4, 0.5) is 4.79 Å². The first-order valence-electron chi connectivity index (χ1n) is 15.1. The van der Waals surface area contributed by atoms with E-state index < -0.39 is 21.2 Å². The number of rotatable bonds is 9. The number of amides is 3. The minimum atomic E-state index is -0.599. The second-order valence-electron chi connectivity index (χ2n) is 11.1. The molecule has 0 spiro atoms. The van der Waals surface area contributed by atoms with Gasteiger partial charge in [-0.25, -0.2) is 0 Å². The topological polar surface area (TPSA) is 101 Å². The monoisotopic (exact) mass is 701 g/mol. The Bertz CT molecular complexity index is 1650. The van der Waals surface area contributed by atoms with E-state index in [1.807, 2.05) is 53.6 Å². The Morgan fingerprint density at radius 2 is 1.68 bits per heavy atom. The first-order valence-corrected chi connectivity index (χ1v) is 17.7. The van der Waals surface area contributed by atoms with Gasteiger partial charge in [-0.15, -0.1) is 0 Å². The molecule has 5 N–H and O–H groups in total. The van der Waals surface area contributed by atoms with Gasteiger partial charge >= 0.3 is 264 Å². The fraction of sp³-hybridized carbons (Fsp3) is 0.257. The van der Waals surface area contributed by atoms with Gasteiger partial charge in [-0.3, -0.25) is 0 Å². The number of halogens is 1. The van der Waals surface area contributed by atoms with Crippen LogP contribution in [0.25, 0.3) is 10.9 Å². The van der Waals surface area contributed by atoms with Crippen LogP contribution in [-0.4, -0.2) is 58.6 Å². The molecule has 0 unspecified atom stereocenters. The summed E-state index contributed by atoms with van der Waals surface area (Å²) >= 11 is -0.599. The molecule has 0 radical (unpaired) electrons. The zero-order valence-electron chi connectivity index (χ0n) is 24.6. The molecule has 6 rings (SSSR count). The summed E-state index contributed by atoms with van der Waals surface area (Å²) in [5.74, 6) is 0.789. The predicted octanol–water partition coefficient (Wildman–Crippen LogP) is 1.04. The molecule has 44 heavy (non-hydrogen) atoms. The van der Waals surface area contributed by atoms with Crippen molar-refractivity contribution in [3.63, 3.8) is 0 Å². The number of alkyl halides is 1. The van der Waals surface area contributed by atoms with Crippen molar-refractivity contribution in [2.45, 2.75) is 25.3 Å². The van der Waals surface area contributed by atoms with Crippen LogP contribution in [0.5, 0.6) is 0 Å². The third-order valence-corrected chi connectivity index (χ3v) is 10.3. The third kappa shape index (κ3) is 7.70. The van der Waals surface area contributed by atoms with E-state index in [0.717, 1.165) is 39.6 Å². The summed E-state index contributed by atoms with van der Waals surface area (Å²) in [6.45, 7) is 2.67. The number of hydrogen-bond acceptors (Lipinski definition) is 4. The molecule has 1 fully saturated rings. The van der Waals surface area contributed by atoms with E-state index in [1.54, 1.807) is 0 Å². The Kier molecular flexibility index (Phi) is 9.93. The number of nitrogens with zero attached hydrogens (tertiary/aromatic N) is 1. The van der Waals surface area contributed by atoms with E-state index >= 15 is 0 Å². The van der Waals surface area contributed by atoms with Crippen molar-refractivity contribution in [1.82, 2.24) is 31.2 Å². The minimum absolute atomic E-state index is 0.120. The summed E-state index contributed by atoms with van der Waals surface area (Å²) in [5, 5.41) is 14.3. The molecule has 8 nitrogen and oxygen atoms in total. The van der Waals surface area contributed by atoms with Crippen LogP contribution in [0.3, 0.4) is 0 Å². The SMILES string of the molecule is O=C(NCCc1c[nH]c2ccccc12)NC1=C(Cc2ccccc2)C=C(C(=O)N2CCN[C@@H](Cc3ccccc3)C2)[I-]CN1. The second-order valence-corrected chi connectivity index (χ2v) is 13.8. The van der Waals surface area contributed by atoms with Gasteiger partial charge in [-0.2, -0.15) is 0 Å². The van der Waals surface area contributed by atoms with Crippen LogP contribution in [0.2, 0.25) is 0 Å². The molecule has 3 amide bonds. The number of carbonyl (C=O) groups excluding carboxylic acids is 2. The average Bonchev–Trinajstić information content (AvgIpc) is 3.36. The van der Waals surface area contributed by atoms with E-state index in [0.29, 0.717) is 36.4 Å². The van der Waals surface area contributed by atoms with Crippen molar-refractivity contribution in [2.24, 2.45) is 0 Å². The molecule has 0 aliphatic carbocycles. The summed E-state index contributed by atoms with van der Waals surface area (Å²) in [4.78, 5) is 32.2. The number of para-hydroxylation sites is 1. The number of carbonyl (C=O) groups is 2. The molecule has 2 aliphatic heterocycles. The van der Waals surface area contributed by atoms with Gasteiger partial charge in [0.2, 0.25) is 0 Å². The zero-order valence-corrected chi connectivity index (χ0v) is 26.8. The van der Waals surface area contributed by atoms with Gasteiger partial charge in [0.1, 0.15) is 0 Å². The molecule has 0 bridgehead atoms. The molecule has 0 saturated carbocycles. The van der Waals surface area contributed by atoms with E-state index in [2.05, 4.69) is 74.8 Å². The van der Waals surface area contributed by atoms with E-state index in [1.165, 1.54) is 16.5 Å². The summed E-state index contributed by atoms with van der Waals surface area (Å²) in [5.41, 5.74) is 5.58. The Morgan fingerprint density at radius 3 is 2.50 bits per heavy atom. The number of allylic oxidation sites excluding steroid dienone is 2. The standard InChI is InChI=1S/C35H38IN6O2/c43-34(42-18-17-37-29(23-42)20-26-11-5-2-6-12-26)31-21-28(19-25-9-3-1-4-10-25)33(40-24-36-31)41-35(44)38-16-15-27-22-39-32-14-8-7-13-30(27)32/h1-14,21-22,29,37,39-40H,15-20,23-24H2,(H2,38,41,44)/q-1/t29-/m0/s1. The summed E-state index contributed by atoms with van der Waals surface area (Å²) < 4.78 is 1.54. The second kappa shape index (κ2) is 14.6. The van der Waals surface area contributed by atoms with Gasteiger partial charge < -0.3 is 0 Å². The van der Waals surface area contributed by atoms with Gasteiger partial charge in [0.05, 0.1) is 0 Å². The maximum atomic E-state index is 13.9. The summed E-state index contributed by atoms with van der Waals surface area (Å²) in [6, 6.07) is 28.8. The number of H-pyrrole nitrogens is 1. The Balaban J connectivity index is 1.15. The van der Waals surface area contributed by atoms with Gasteiger partial charge in [0.25, 0.3) is 0 Å². The van der Waals surface area contributed by atoms with Gasteiger partial charge in [0, 0.05) is 0 Å². The number of fused-ring (bicyclic) bond motifs is 1. The van der Waals surface area contributed by atoms with Crippen molar-refractivity contribution in [2.75, 3.05) is 30.7 Å². The van der Waals surface area contributed by atoms with Crippen molar-refractivity contribution in [3.05, 3.63) is 129 Å². The number of aromatic nitrogens is 1. The van der Waals surface area contributed by atoms with Crippen LogP contribution in [0.15, 0.2) is 112 Å². The average molecular weight is 702 g/mol. The van der Waals surface area contributed by atoms with Crippen LogP contribution >= 0.6 is 0 Å². The molecule has 9 heteroatoms. The number of aromatic amines is 1. The van der Waals surface area contributed by atoms with Crippen molar-refractivity contribution < 1.29 is 30.8 Å². The molecule has 1 aromatic heterocycles. The van der Waals surface area contributed by atoms with Gasteiger partial charge in [-0.05, 0) is 0 Å². The van der Waals surface area contributed by atoms with Crippen LogP contribution in [0, 0.1) is 0 Å². The van der Waals surface area contributed by atoms with E-state index in [9.17, 15) is 9.59 Å². The number of nitrogens with one attached hydrogen (secondary N) is 5. The first-order chi connectivity index (χ1) is 21.6. The molecule has 2 aliphatic rings. The molecule has 4 aromatic rings. The third-order valence-electron chi connectivity index (χ3n) is 7.98. The Labute approximate surface area is 268 Å². The quantitative estimate of drug-likeness (QED) is 0.102. The van der Waals surface area contributed by atoms with Crippen LogP contribution in [-0.2, 0) is 24.1 Å².